The number of ether oxygens (including phenoxy) is 1. The minimum atomic E-state index is -0.0314. The van der Waals surface area contributed by atoms with Crippen LogP contribution in [0.25, 0.3) is 0 Å². The first kappa shape index (κ1) is 16.6. The number of carbonyl (C=O) groups is 2. The summed E-state index contributed by atoms with van der Waals surface area (Å²) in [5.41, 5.74) is 1.45. The highest BCUT2D eigenvalue weighted by atomic mass is 32.2. The second-order valence-corrected chi connectivity index (χ2v) is 9.95. The van der Waals surface area contributed by atoms with Crippen molar-refractivity contribution >= 4 is 22.7 Å². The van der Waals surface area contributed by atoms with Crippen molar-refractivity contribution in [3.05, 3.63) is 23.8 Å². The first-order valence-electron chi connectivity index (χ1n) is 9.03. The van der Waals surface area contributed by atoms with E-state index in [0.29, 0.717) is 17.8 Å². The number of carbonyl (C=O) groups excluding carboxylic acids is 2. The van der Waals surface area contributed by atoms with E-state index in [9.17, 15) is 9.59 Å². The summed E-state index contributed by atoms with van der Waals surface area (Å²) >= 11 is 1.49. The summed E-state index contributed by atoms with van der Waals surface area (Å²) in [6.45, 7) is 8.01. The Kier molecular flexibility index (Phi) is 3.85. The quantitative estimate of drug-likeness (QED) is 0.724. The van der Waals surface area contributed by atoms with Crippen molar-refractivity contribution in [1.29, 1.82) is 0 Å². The van der Waals surface area contributed by atoms with Crippen LogP contribution in [0.3, 0.4) is 0 Å². The molecular formula is C20H26O3S. The summed E-state index contributed by atoms with van der Waals surface area (Å²) in [6.07, 6.45) is 8.92. The van der Waals surface area contributed by atoms with Gasteiger partial charge in [-0.1, -0.05) is 37.3 Å². The molecule has 3 fully saturated rings. The first-order valence-corrected chi connectivity index (χ1v) is 9.91. The lowest BCUT2D eigenvalue weighted by Gasteiger charge is -2.57. The molecule has 1 saturated heterocycles. The molecule has 4 rings (SSSR count). The molecule has 0 amide bonds. The van der Waals surface area contributed by atoms with Crippen LogP contribution in [-0.2, 0) is 14.3 Å². The fourth-order valence-electron chi connectivity index (χ4n) is 5.80. The number of rotatable bonds is 1. The van der Waals surface area contributed by atoms with Crippen molar-refractivity contribution in [2.75, 3.05) is 13.2 Å². The topological polar surface area (TPSA) is 43.4 Å². The van der Waals surface area contributed by atoms with Crippen molar-refractivity contribution in [3.63, 3.8) is 0 Å². The second-order valence-electron chi connectivity index (χ2n) is 8.54. The second kappa shape index (κ2) is 5.57. The number of ketones is 1. The Morgan fingerprint density at radius 2 is 2.12 bits per heavy atom. The standard InChI is InChI=1S/C20H26O3S/c1-12(21)24-17-9-13-8-14(22)4-7-20(13,3)15-5-6-19(2)11-23-10-16(19)18(15)17/h4,7-8,15-18H,5-6,9-11H2,1-3H3/t15-,16-,17+,18+,19+,20-/m0/s1. The number of thioether (sulfide) groups is 1. The van der Waals surface area contributed by atoms with E-state index in [1.807, 2.05) is 6.08 Å². The monoisotopic (exact) mass is 346 g/mol. The molecule has 4 heteroatoms. The molecule has 130 valence electrons. The Balaban J connectivity index is 1.77. The van der Waals surface area contributed by atoms with Gasteiger partial charge in [0.1, 0.15) is 0 Å². The molecule has 4 aliphatic rings. The van der Waals surface area contributed by atoms with E-state index in [1.54, 1.807) is 13.0 Å². The third-order valence-electron chi connectivity index (χ3n) is 7.12. The third-order valence-corrected chi connectivity index (χ3v) is 8.24. The van der Waals surface area contributed by atoms with Crippen molar-refractivity contribution in [1.82, 2.24) is 0 Å². The van der Waals surface area contributed by atoms with E-state index < -0.39 is 0 Å². The fourth-order valence-corrected chi connectivity index (χ4v) is 7.03. The van der Waals surface area contributed by atoms with Gasteiger partial charge in [-0.05, 0) is 54.6 Å². The molecule has 6 atom stereocenters. The van der Waals surface area contributed by atoms with Gasteiger partial charge >= 0.3 is 0 Å². The molecule has 1 heterocycles. The maximum absolute atomic E-state index is 11.9. The summed E-state index contributed by atoms with van der Waals surface area (Å²) < 4.78 is 5.90. The number of fused-ring (bicyclic) bond motifs is 5. The van der Waals surface area contributed by atoms with Gasteiger partial charge in [0.15, 0.2) is 10.9 Å². The molecule has 0 aromatic rings. The minimum Gasteiger partial charge on any atom is -0.381 e. The first-order chi connectivity index (χ1) is 11.3. The molecule has 0 radical (unpaired) electrons. The van der Waals surface area contributed by atoms with Gasteiger partial charge in [0.05, 0.1) is 13.2 Å². The Hall–Kier alpha value is -0.870. The lowest BCUT2D eigenvalue weighted by Crippen LogP contribution is -2.54. The molecule has 0 N–H and O–H groups in total. The lowest BCUT2D eigenvalue weighted by molar-refractivity contribution is -0.111. The van der Waals surface area contributed by atoms with Crippen molar-refractivity contribution in [2.45, 2.75) is 45.3 Å². The maximum atomic E-state index is 11.9. The van der Waals surface area contributed by atoms with Gasteiger partial charge in [-0.15, -0.1) is 0 Å². The van der Waals surface area contributed by atoms with Crippen LogP contribution < -0.4 is 0 Å². The molecule has 2 saturated carbocycles. The predicted octanol–water partition coefficient (Wildman–Crippen LogP) is 3.79. The molecule has 3 aliphatic carbocycles. The average Bonchev–Trinajstić information content (AvgIpc) is 2.90. The number of allylic oxidation sites excluding steroid dienone is 4. The summed E-state index contributed by atoms with van der Waals surface area (Å²) in [4.78, 5) is 23.8. The number of hydrogen-bond acceptors (Lipinski definition) is 4. The van der Waals surface area contributed by atoms with E-state index in [4.69, 9.17) is 4.74 Å². The molecule has 0 bridgehead atoms. The molecular weight excluding hydrogens is 320 g/mol. The van der Waals surface area contributed by atoms with Gasteiger partial charge < -0.3 is 4.74 Å². The fraction of sp³-hybridized carbons (Fsp3) is 0.700. The number of hydrogen-bond donors (Lipinski definition) is 0. The highest BCUT2D eigenvalue weighted by Gasteiger charge is 2.59. The average molecular weight is 346 g/mol. The Morgan fingerprint density at radius 1 is 1.33 bits per heavy atom. The molecule has 0 aromatic carbocycles. The van der Waals surface area contributed by atoms with Crippen LogP contribution in [0.1, 0.15) is 40.0 Å². The normalized spacial score (nSPS) is 46.8. The Morgan fingerprint density at radius 3 is 2.88 bits per heavy atom. The van der Waals surface area contributed by atoms with Crippen LogP contribution in [-0.4, -0.2) is 29.4 Å². The van der Waals surface area contributed by atoms with E-state index in [2.05, 4.69) is 19.9 Å². The zero-order valence-electron chi connectivity index (χ0n) is 14.7. The van der Waals surface area contributed by atoms with Gasteiger partial charge in [-0.3, -0.25) is 9.59 Å². The minimum absolute atomic E-state index is 0.0314. The van der Waals surface area contributed by atoms with Crippen molar-refractivity contribution in [3.8, 4) is 0 Å². The van der Waals surface area contributed by atoms with Crippen molar-refractivity contribution < 1.29 is 14.3 Å². The molecule has 0 unspecified atom stereocenters. The summed E-state index contributed by atoms with van der Waals surface area (Å²) in [5.74, 6) is 1.61. The third kappa shape index (κ3) is 2.37. The lowest BCUT2D eigenvalue weighted by atomic mass is 9.48. The molecule has 0 spiro atoms. The van der Waals surface area contributed by atoms with Crippen LogP contribution in [0.4, 0.5) is 0 Å². The summed E-state index contributed by atoms with van der Waals surface area (Å²) in [5, 5.41) is 0.462. The molecule has 0 aromatic heterocycles. The summed E-state index contributed by atoms with van der Waals surface area (Å²) in [6, 6.07) is 0. The Bertz CT molecular complexity index is 651. The van der Waals surface area contributed by atoms with Crippen LogP contribution in [0.15, 0.2) is 23.8 Å². The SMILES string of the molecule is CC(=O)S[C@@H]1CC2=CC(=O)C=C[C@]2(C)[C@H]2CC[C@]3(C)COC[C@H]3[C@H]12. The van der Waals surface area contributed by atoms with Gasteiger partial charge in [-0.25, -0.2) is 0 Å². The van der Waals surface area contributed by atoms with Crippen molar-refractivity contribution in [2.24, 2.45) is 28.6 Å². The molecule has 24 heavy (non-hydrogen) atoms. The van der Waals surface area contributed by atoms with E-state index in [0.717, 1.165) is 26.1 Å². The van der Waals surface area contributed by atoms with E-state index >= 15 is 0 Å². The van der Waals surface area contributed by atoms with Gasteiger partial charge in [0, 0.05) is 17.6 Å². The maximum Gasteiger partial charge on any atom is 0.186 e. The molecule has 1 aliphatic heterocycles. The largest absolute Gasteiger partial charge is 0.381 e. The highest BCUT2D eigenvalue weighted by molar-refractivity contribution is 8.14. The Labute approximate surface area is 148 Å². The molecule has 3 nitrogen and oxygen atoms in total. The predicted molar refractivity (Wildman–Crippen MR) is 95.6 cm³/mol. The van der Waals surface area contributed by atoms with E-state index in [-0.39, 0.29) is 27.0 Å². The highest BCUT2D eigenvalue weighted by Crippen LogP contribution is 2.63. The zero-order valence-corrected chi connectivity index (χ0v) is 15.5. The van der Waals surface area contributed by atoms with Crippen LogP contribution in [0.2, 0.25) is 0 Å². The van der Waals surface area contributed by atoms with E-state index in [1.165, 1.54) is 23.8 Å². The van der Waals surface area contributed by atoms with Gasteiger partial charge in [0.2, 0.25) is 0 Å². The van der Waals surface area contributed by atoms with Gasteiger partial charge in [-0.2, -0.15) is 0 Å². The van der Waals surface area contributed by atoms with Crippen LogP contribution in [0, 0.1) is 28.6 Å². The smallest absolute Gasteiger partial charge is 0.186 e. The zero-order chi connectivity index (χ0) is 17.1. The van der Waals surface area contributed by atoms with Crippen LogP contribution >= 0.6 is 11.8 Å². The van der Waals surface area contributed by atoms with Gasteiger partial charge in [0.25, 0.3) is 0 Å². The summed E-state index contributed by atoms with van der Waals surface area (Å²) in [7, 11) is 0. The van der Waals surface area contributed by atoms with Crippen LogP contribution in [0.5, 0.6) is 0 Å².